The third-order valence-electron chi connectivity index (χ3n) is 4.47. The van der Waals surface area contributed by atoms with E-state index in [9.17, 15) is 21.6 Å². The predicted molar refractivity (Wildman–Crippen MR) is 95.9 cm³/mol. The summed E-state index contributed by atoms with van der Waals surface area (Å²) in [6, 6.07) is 5.91. The zero-order valence-corrected chi connectivity index (χ0v) is 15.7. The molecule has 0 amide bonds. The van der Waals surface area contributed by atoms with E-state index in [1.165, 1.54) is 12.1 Å². The Morgan fingerprint density at radius 3 is 2.21 bits per heavy atom. The Morgan fingerprint density at radius 1 is 1.04 bits per heavy atom. The number of halogens is 3. The highest BCUT2D eigenvalue weighted by Crippen LogP contribution is 2.29. The summed E-state index contributed by atoms with van der Waals surface area (Å²) in [5.74, 6) is -0.362. The van der Waals surface area contributed by atoms with Gasteiger partial charge in [0.2, 0.25) is 10.0 Å². The van der Waals surface area contributed by atoms with Crippen LogP contribution in [-0.4, -0.2) is 30.5 Å². The second kappa shape index (κ2) is 8.44. The number of rotatable bonds is 6. The SMILES string of the molecule is O=S(=O)(Cc1ccc(C(F)(F)F)cc1)NC1CCC(Oc2ncccn2)CC1. The van der Waals surface area contributed by atoms with Crippen molar-refractivity contribution in [3.05, 3.63) is 53.9 Å². The molecule has 1 aliphatic carbocycles. The standard InChI is InChI=1S/C18H20F3N3O3S/c19-18(20,21)14-4-2-13(3-5-14)12-28(25,26)24-15-6-8-16(9-7-15)27-17-22-10-1-11-23-17/h1-5,10-11,15-16,24H,6-9,12H2. The second-order valence-electron chi connectivity index (χ2n) is 6.69. The number of hydrogen-bond acceptors (Lipinski definition) is 5. The molecule has 3 rings (SSSR count). The molecule has 1 aliphatic rings. The molecule has 1 heterocycles. The summed E-state index contributed by atoms with van der Waals surface area (Å²) in [6.45, 7) is 0. The lowest BCUT2D eigenvalue weighted by atomic mass is 9.94. The van der Waals surface area contributed by atoms with Gasteiger partial charge in [-0.05, 0) is 49.4 Å². The molecule has 0 unspecified atom stereocenters. The van der Waals surface area contributed by atoms with E-state index in [1.54, 1.807) is 18.5 Å². The van der Waals surface area contributed by atoms with Gasteiger partial charge in [-0.3, -0.25) is 0 Å². The minimum absolute atomic E-state index is 0.0712. The van der Waals surface area contributed by atoms with Gasteiger partial charge in [-0.1, -0.05) is 12.1 Å². The lowest BCUT2D eigenvalue weighted by molar-refractivity contribution is -0.137. The average molecular weight is 415 g/mol. The van der Waals surface area contributed by atoms with Gasteiger partial charge >= 0.3 is 12.2 Å². The molecule has 1 fully saturated rings. The molecular formula is C18H20F3N3O3S. The van der Waals surface area contributed by atoms with E-state index in [0.717, 1.165) is 12.1 Å². The van der Waals surface area contributed by atoms with Crippen molar-refractivity contribution in [2.45, 2.75) is 49.8 Å². The van der Waals surface area contributed by atoms with Crippen molar-refractivity contribution < 1.29 is 26.3 Å². The van der Waals surface area contributed by atoms with Gasteiger partial charge in [0.25, 0.3) is 0 Å². The molecule has 152 valence electrons. The number of aromatic nitrogens is 2. The van der Waals surface area contributed by atoms with Gasteiger partial charge < -0.3 is 4.74 Å². The minimum Gasteiger partial charge on any atom is -0.460 e. The quantitative estimate of drug-likeness (QED) is 0.783. The fraction of sp³-hybridized carbons (Fsp3) is 0.444. The van der Waals surface area contributed by atoms with Crippen LogP contribution in [0.3, 0.4) is 0 Å². The van der Waals surface area contributed by atoms with E-state index in [-0.39, 0.29) is 17.9 Å². The lowest BCUT2D eigenvalue weighted by Crippen LogP contribution is -2.40. The van der Waals surface area contributed by atoms with Gasteiger partial charge in [-0.2, -0.15) is 13.2 Å². The molecule has 0 saturated heterocycles. The Kier molecular flexibility index (Phi) is 6.19. The monoisotopic (exact) mass is 415 g/mol. The maximum absolute atomic E-state index is 12.6. The number of nitrogens with zero attached hydrogens (tertiary/aromatic N) is 2. The number of sulfonamides is 1. The Morgan fingerprint density at radius 2 is 1.64 bits per heavy atom. The fourth-order valence-corrected chi connectivity index (χ4v) is 4.56. The highest BCUT2D eigenvalue weighted by atomic mass is 32.2. The molecule has 2 aromatic rings. The van der Waals surface area contributed by atoms with Crippen LogP contribution in [-0.2, 0) is 22.0 Å². The predicted octanol–water partition coefficient (Wildman–Crippen LogP) is 3.31. The van der Waals surface area contributed by atoms with Gasteiger partial charge in [0.15, 0.2) is 0 Å². The third-order valence-corrected chi connectivity index (χ3v) is 5.88. The van der Waals surface area contributed by atoms with Crippen LogP contribution in [0.5, 0.6) is 6.01 Å². The molecule has 0 radical (unpaired) electrons. The van der Waals surface area contributed by atoms with E-state index in [4.69, 9.17) is 4.74 Å². The molecule has 0 bridgehead atoms. The van der Waals surface area contributed by atoms with Gasteiger partial charge in [-0.15, -0.1) is 0 Å². The van der Waals surface area contributed by atoms with Crippen LogP contribution in [0, 0.1) is 0 Å². The topological polar surface area (TPSA) is 81.2 Å². The summed E-state index contributed by atoms with van der Waals surface area (Å²) in [4.78, 5) is 8.01. The van der Waals surface area contributed by atoms with Crippen LogP contribution in [0.25, 0.3) is 0 Å². The largest absolute Gasteiger partial charge is 0.460 e. The van der Waals surface area contributed by atoms with E-state index >= 15 is 0 Å². The number of ether oxygens (including phenoxy) is 1. The fourth-order valence-electron chi connectivity index (χ4n) is 3.10. The molecular weight excluding hydrogens is 395 g/mol. The van der Waals surface area contributed by atoms with Crippen molar-refractivity contribution in [2.24, 2.45) is 0 Å². The molecule has 10 heteroatoms. The number of hydrogen-bond donors (Lipinski definition) is 1. The van der Waals surface area contributed by atoms with Crippen molar-refractivity contribution in [3.8, 4) is 6.01 Å². The smallest absolute Gasteiger partial charge is 0.416 e. The number of nitrogens with one attached hydrogen (secondary N) is 1. The van der Waals surface area contributed by atoms with Gasteiger partial charge in [0, 0.05) is 18.4 Å². The first kappa shape index (κ1) is 20.5. The molecule has 1 saturated carbocycles. The molecule has 1 N–H and O–H groups in total. The Hall–Kier alpha value is -2.20. The van der Waals surface area contributed by atoms with E-state index in [1.807, 2.05) is 0 Å². The highest BCUT2D eigenvalue weighted by Gasteiger charge is 2.30. The lowest BCUT2D eigenvalue weighted by Gasteiger charge is -2.28. The number of benzene rings is 1. The normalized spacial score (nSPS) is 20.7. The maximum atomic E-state index is 12.6. The van der Waals surface area contributed by atoms with Gasteiger partial charge in [0.05, 0.1) is 11.3 Å². The van der Waals surface area contributed by atoms with Crippen LogP contribution in [0.15, 0.2) is 42.7 Å². The summed E-state index contributed by atoms with van der Waals surface area (Å²) in [5, 5.41) is 0. The van der Waals surface area contributed by atoms with Crippen LogP contribution in [0.4, 0.5) is 13.2 Å². The average Bonchev–Trinajstić information content (AvgIpc) is 2.63. The van der Waals surface area contributed by atoms with E-state index in [0.29, 0.717) is 37.3 Å². The van der Waals surface area contributed by atoms with Crippen molar-refractivity contribution in [3.63, 3.8) is 0 Å². The van der Waals surface area contributed by atoms with Crippen LogP contribution < -0.4 is 9.46 Å². The van der Waals surface area contributed by atoms with Crippen LogP contribution >= 0.6 is 0 Å². The zero-order chi connectivity index (χ0) is 20.2. The first-order valence-electron chi connectivity index (χ1n) is 8.81. The maximum Gasteiger partial charge on any atom is 0.416 e. The van der Waals surface area contributed by atoms with Crippen molar-refractivity contribution >= 4 is 10.0 Å². The van der Waals surface area contributed by atoms with E-state index < -0.39 is 21.8 Å². The second-order valence-corrected chi connectivity index (χ2v) is 8.45. The van der Waals surface area contributed by atoms with Crippen LogP contribution in [0.2, 0.25) is 0 Å². The Balaban J connectivity index is 1.50. The molecule has 1 aromatic heterocycles. The first-order chi connectivity index (χ1) is 13.2. The molecule has 0 atom stereocenters. The van der Waals surface area contributed by atoms with Gasteiger partial charge in [0.1, 0.15) is 6.10 Å². The minimum atomic E-state index is -4.44. The highest BCUT2D eigenvalue weighted by molar-refractivity contribution is 7.88. The summed E-state index contributed by atoms with van der Waals surface area (Å²) >= 11 is 0. The zero-order valence-electron chi connectivity index (χ0n) is 14.9. The summed E-state index contributed by atoms with van der Waals surface area (Å²) in [6.07, 6.45) is 1.18. The summed E-state index contributed by atoms with van der Waals surface area (Å²) < 4.78 is 70.8. The van der Waals surface area contributed by atoms with E-state index in [2.05, 4.69) is 14.7 Å². The summed E-state index contributed by atoms with van der Waals surface area (Å²) in [7, 11) is -3.66. The molecule has 28 heavy (non-hydrogen) atoms. The first-order valence-corrected chi connectivity index (χ1v) is 10.5. The molecule has 1 aromatic carbocycles. The number of alkyl halides is 3. The van der Waals surface area contributed by atoms with Gasteiger partial charge in [-0.25, -0.2) is 23.1 Å². The van der Waals surface area contributed by atoms with Crippen LogP contribution in [0.1, 0.15) is 36.8 Å². The van der Waals surface area contributed by atoms with Crippen molar-refractivity contribution in [2.75, 3.05) is 0 Å². The third kappa shape index (κ3) is 5.90. The Labute approximate surface area is 161 Å². The van der Waals surface area contributed by atoms with Crippen molar-refractivity contribution in [1.29, 1.82) is 0 Å². The molecule has 0 spiro atoms. The molecule has 0 aliphatic heterocycles. The Bertz CT molecular complexity index is 866. The summed E-state index contributed by atoms with van der Waals surface area (Å²) in [5.41, 5.74) is -0.499. The van der Waals surface area contributed by atoms with Crippen molar-refractivity contribution in [1.82, 2.24) is 14.7 Å². The molecule has 6 nitrogen and oxygen atoms in total.